The summed E-state index contributed by atoms with van der Waals surface area (Å²) in [6.07, 6.45) is -3.40. The Morgan fingerprint density at radius 1 is 1.09 bits per heavy atom. The lowest BCUT2D eigenvalue weighted by Gasteiger charge is -2.19. The van der Waals surface area contributed by atoms with Gasteiger partial charge in [-0.2, -0.15) is 18.3 Å². The van der Waals surface area contributed by atoms with E-state index in [2.05, 4.69) is 5.10 Å². The van der Waals surface area contributed by atoms with Crippen LogP contribution in [0.5, 0.6) is 11.6 Å². The molecule has 0 spiro atoms. The molecular weight excluding hydrogens is 465 g/mol. The summed E-state index contributed by atoms with van der Waals surface area (Å²) in [7, 11) is 1.46. The van der Waals surface area contributed by atoms with Gasteiger partial charge in [0.05, 0.1) is 18.4 Å². The van der Waals surface area contributed by atoms with Crippen molar-refractivity contribution >= 4 is 11.9 Å². The number of halogens is 3. The molecule has 35 heavy (non-hydrogen) atoms. The van der Waals surface area contributed by atoms with Crippen molar-refractivity contribution in [2.24, 2.45) is 0 Å². The highest BCUT2D eigenvalue weighted by Crippen LogP contribution is 2.33. The molecule has 1 aromatic heterocycles. The highest BCUT2D eigenvalue weighted by Gasteiger charge is 2.36. The number of alkyl halides is 3. The predicted molar refractivity (Wildman–Crippen MR) is 121 cm³/mol. The molecular formula is C25H25F3N2O5. The normalized spacial score (nSPS) is 12.2. The fourth-order valence-electron chi connectivity index (χ4n) is 3.46. The van der Waals surface area contributed by atoms with Crippen molar-refractivity contribution in [1.82, 2.24) is 9.78 Å². The quantitative estimate of drug-likeness (QED) is 0.347. The number of rotatable bonds is 9. The molecule has 3 aromatic rings. The van der Waals surface area contributed by atoms with Crippen LogP contribution in [0.1, 0.15) is 60.8 Å². The van der Waals surface area contributed by atoms with Gasteiger partial charge >= 0.3 is 18.1 Å². The number of carbonyl (C=O) groups excluding carboxylic acids is 2. The predicted octanol–water partition coefficient (Wildman–Crippen LogP) is 5.91. The molecule has 10 heteroatoms. The molecule has 0 aliphatic heterocycles. The van der Waals surface area contributed by atoms with Crippen molar-refractivity contribution in [3.8, 4) is 17.3 Å². The van der Waals surface area contributed by atoms with Crippen LogP contribution in [0, 0.1) is 0 Å². The summed E-state index contributed by atoms with van der Waals surface area (Å²) in [5, 5.41) is 3.60. The summed E-state index contributed by atoms with van der Waals surface area (Å²) >= 11 is 0. The topological polar surface area (TPSA) is 79.7 Å². The fourth-order valence-corrected chi connectivity index (χ4v) is 3.46. The first-order chi connectivity index (χ1) is 16.6. The summed E-state index contributed by atoms with van der Waals surface area (Å²) < 4.78 is 57.0. The smallest absolute Gasteiger partial charge is 0.435 e. The van der Waals surface area contributed by atoms with Crippen LogP contribution in [0.4, 0.5) is 13.2 Å². The van der Waals surface area contributed by atoms with Crippen molar-refractivity contribution in [3.05, 3.63) is 71.4 Å². The van der Waals surface area contributed by atoms with E-state index in [0.717, 1.165) is 17.5 Å². The Morgan fingerprint density at radius 3 is 2.37 bits per heavy atom. The number of methoxy groups -OCH3 is 1. The van der Waals surface area contributed by atoms with Crippen LogP contribution in [0.15, 0.2) is 54.6 Å². The molecule has 186 valence electrons. The van der Waals surface area contributed by atoms with E-state index in [-0.39, 0.29) is 11.3 Å². The van der Waals surface area contributed by atoms with Crippen molar-refractivity contribution in [2.45, 2.75) is 45.4 Å². The molecule has 0 bridgehead atoms. The standard InChI is InChI=1S/C25H25F3N2O5/c1-4-5-10-21(34-16(2)31)19-8-6-7-9-20(19)24(32)35-23-15-22(25(26,27)28)29-30(23)17-11-13-18(33-3)14-12-17/h6-9,11-15,21H,4-5,10H2,1-3H3. The summed E-state index contributed by atoms with van der Waals surface area (Å²) in [4.78, 5) is 24.8. The van der Waals surface area contributed by atoms with Crippen LogP contribution in [0.3, 0.4) is 0 Å². The number of aromatic nitrogens is 2. The van der Waals surface area contributed by atoms with Gasteiger partial charge in [-0.05, 0) is 43.2 Å². The lowest BCUT2D eigenvalue weighted by molar-refractivity contribution is -0.147. The largest absolute Gasteiger partial charge is 0.497 e. The van der Waals surface area contributed by atoms with E-state index in [1.807, 2.05) is 6.92 Å². The molecule has 1 unspecified atom stereocenters. The third-order valence-electron chi connectivity index (χ3n) is 5.14. The molecule has 1 atom stereocenters. The van der Waals surface area contributed by atoms with Crippen LogP contribution < -0.4 is 9.47 Å². The van der Waals surface area contributed by atoms with Gasteiger partial charge < -0.3 is 14.2 Å². The molecule has 0 aliphatic rings. The molecule has 2 aromatic carbocycles. The minimum atomic E-state index is -4.75. The maximum atomic E-state index is 13.4. The number of hydrogen-bond acceptors (Lipinski definition) is 6. The second-order valence-electron chi connectivity index (χ2n) is 7.69. The zero-order valence-corrected chi connectivity index (χ0v) is 19.5. The SMILES string of the molecule is CCCCC(OC(C)=O)c1ccccc1C(=O)Oc1cc(C(F)(F)F)nn1-c1ccc(OC)cc1. The molecule has 0 saturated carbocycles. The summed E-state index contributed by atoms with van der Waals surface area (Å²) in [6.45, 7) is 3.25. The minimum Gasteiger partial charge on any atom is -0.497 e. The van der Waals surface area contributed by atoms with Gasteiger partial charge in [0.1, 0.15) is 11.9 Å². The average molecular weight is 490 g/mol. The first-order valence-electron chi connectivity index (χ1n) is 10.9. The van der Waals surface area contributed by atoms with Gasteiger partial charge in [-0.15, -0.1) is 0 Å². The maximum absolute atomic E-state index is 13.4. The first-order valence-corrected chi connectivity index (χ1v) is 10.9. The molecule has 0 aliphatic carbocycles. The van der Waals surface area contributed by atoms with E-state index in [4.69, 9.17) is 14.2 Å². The Balaban J connectivity index is 1.99. The highest BCUT2D eigenvalue weighted by molar-refractivity contribution is 5.92. The van der Waals surface area contributed by atoms with Gasteiger partial charge in [0.25, 0.3) is 0 Å². The second kappa shape index (κ2) is 11.1. The van der Waals surface area contributed by atoms with Gasteiger partial charge in [-0.1, -0.05) is 31.5 Å². The Kier molecular flexibility index (Phi) is 8.16. The molecule has 3 rings (SSSR count). The van der Waals surface area contributed by atoms with E-state index in [1.165, 1.54) is 32.2 Å². The van der Waals surface area contributed by atoms with Gasteiger partial charge in [0, 0.05) is 18.6 Å². The van der Waals surface area contributed by atoms with Crippen LogP contribution in [0.25, 0.3) is 5.69 Å². The zero-order chi connectivity index (χ0) is 25.6. The third kappa shape index (κ3) is 6.40. The van der Waals surface area contributed by atoms with E-state index < -0.39 is 35.8 Å². The Bertz CT molecular complexity index is 1170. The zero-order valence-electron chi connectivity index (χ0n) is 19.5. The van der Waals surface area contributed by atoms with Crippen molar-refractivity contribution in [1.29, 1.82) is 0 Å². The number of unbranched alkanes of at least 4 members (excludes halogenated alkanes) is 1. The summed E-state index contributed by atoms with van der Waals surface area (Å²) in [6, 6.07) is 13.1. The molecule has 0 N–H and O–H groups in total. The molecule has 0 saturated heterocycles. The molecule has 7 nitrogen and oxygen atoms in total. The van der Waals surface area contributed by atoms with Gasteiger partial charge in [0.2, 0.25) is 5.88 Å². The van der Waals surface area contributed by atoms with E-state index in [0.29, 0.717) is 23.8 Å². The third-order valence-corrected chi connectivity index (χ3v) is 5.14. The summed E-state index contributed by atoms with van der Waals surface area (Å²) in [5.74, 6) is -1.34. The number of hydrogen-bond donors (Lipinski definition) is 0. The molecule has 0 amide bonds. The molecule has 1 heterocycles. The Hall–Kier alpha value is -3.82. The Morgan fingerprint density at radius 2 is 1.77 bits per heavy atom. The Labute approximate surface area is 200 Å². The lowest BCUT2D eigenvalue weighted by Crippen LogP contribution is -2.17. The van der Waals surface area contributed by atoms with E-state index in [9.17, 15) is 22.8 Å². The van der Waals surface area contributed by atoms with E-state index in [1.54, 1.807) is 30.3 Å². The number of esters is 2. The summed E-state index contributed by atoms with van der Waals surface area (Å²) in [5.41, 5.74) is -0.498. The number of ether oxygens (including phenoxy) is 3. The number of carbonyl (C=O) groups is 2. The van der Waals surface area contributed by atoms with Gasteiger partial charge in [-0.3, -0.25) is 4.79 Å². The van der Waals surface area contributed by atoms with Crippen molar-refractivity contribution < 1.29 is 37.0 Å². The number of nitrogens with zero attached hydrogens (tertiary/aromatic N) is 2. The highest BCUT2D eigenvalue weighted by atomic mass is 19.4. The molecule has 0 fully saturated rings. The first kappa shape index (κ1) is 25.8. The second-order valence-corrected chi connectivity index (χ2v) is 7.69. The van der Waals surface area contributed by atoms with Crippen LogP contribution >= 0.6 is 0 Å². The fraction of sp³-hybridized carbons (Fsp3) is 0.320. The molecule has 0 radical (unpaired) electrons. The monoisotopic (exact) mass is 490 g/mol. The maximum Gasteiger partial charge on any atom is 0.435 e. The average Bonchev–Trinajstić information content (AvgIpc) is 3.26. The minimum absolute atomic E-state index is 0.0749. The van der Waals surface area contributed by atoms with Crippen molar-refractivity contribution in [2.75, 3.05) is 7.11 Å². The van der Waals surface area contributed by atoms with Gasteiger partial charge in [0.15, 0.2) is 5.69 Å². The number of benzene rings is 2. The van der Waals surface area contributed by atoms with Crippen LogP contribution in [0.2, 0.25) is 0 Å². The van der Waals surface area contributed by atoms with E-state index >= 15 is 0 Å². The lowest BCUT2D eigenvalue weighted by atomic mass is 9.98. The van der Waals surface area contributed by atoms with Crippen LogP contribution in [-0.2, 0) is 15.7 Å². The van der Waals surface area contributed by atoms with Crippen LogP contribution in [-0.4, -0.2) is 28.8 Å². The van der Waals surface area contributed by atoms with Crippen molar-refractivity contribution in [3.63, 3.8) is 0 Å². The van der Waals surface area contributed by atoms with Gasteiger partial charge in [-0.25, -0.2) is 9.48 Å².